The molecule has 1 fully saturated rings. The van der Waals surface area contributed by atoms with Crippen LogP contribution < -0.4 is 10.1 Å². The lowest BCUT2D eigenvalue weighted by molar-refractivity contribution is -0.144. The van der Waals surface area contributed by atoms with Gasteiger partial charge in [0.05, 0.1) is 17.3 Å². The number of aliphatic hydroxyl groups is 1. The summed E-state index contributed by atoms with van der Waals surface area (Å²) in [6, 6.07) is 5.68. The van der Waals surface area contributed by atoms with E-state index in [0.29, 0.717) is 16.5 Å². The van der Waals surface area contributed by atoms with Crippen LogP contribution in [0.5, 0.6) is 5.75 Å². The number of likely N-dealkylation sites (tertiary alicyclic amines) is 1. The number of carbonyl (C=O) groups excluding carboxylic acids is 2. The summed E-state index contributed by atoms with van der Waals surface area (Å²) < 4.78 is 7.21. The molecule has 1 saturated heterocycles. The van der Waals surface area contributed by atoms with Crippen LogP contribution in [0.15, 0.2) is 30.5 Å². The fraction of sp³-hybridized carbons (Fsp3) is 0.524. The zero-order valence-corrected chi connectivity index (χ0v) is 18.8. The number of carbonyl (C=O) groups is 2. The highest BCUT2D eigenvalue weighted by molar-refractivity contribution is 6.32. The van der Waals surface area contributed by atoms with Crippen molar-refractivity contribution in [2.75, 3.05) is 13.6 Å². The van der Waals surface area contributed by atoms with Crippen molar-refractivity contribution in [3.8, 4) is 5.75 Å². The van der Waals surface area contributed by atoms with E-state index in [-0.39, 0.29) is 31.4 Å². The number of hydrogen-bond acceptors (Lipinski definition) is 6. The first kappa shape index (κ1) is 23.0. The number of nitrogens with one attached hydrogen (secondary N) is 1. The first-order chi connectivity index (χ1) is 14.6. The summed E-state index contributed by atoms with van der Waals surface area (Å²) in [5.41, 5.74) is 0.0122. The van der Waals surface area contributed by atoms with Crippen LogP contribution >= 0.6 is 11.6 Å². The molecule has 0 radical (unpaired) electrons. The second-order valence-corrected chi connectivity index (χ2v) is 9.09. The normalized spacial score (nSPS) is 19.9. The lowest BCUT2D eigenvalue weighted by Gasteiger charge is -2.34. The zero-order chi connectivity index (χ0) is 22.8. The van der Waals surface area contributed by atoms with Crippen molar-refractivity contribution in [3.05, 3.63) is 41.2 Å². The molecule has 2 heterocycles. The molecule has 3 atom stereocenters. The number of rotatable bonds is 6. The highest BCUT2D eigenvalue weighted by Crippen LogP contribution is 2.34. The third kappa shape index (κ3) is 5.16. The Bertz CT molecular complexity index is 942. The number of nitrogens with zero attached hydrogens (tertiary/aromatic N) is 4. The Labute approximate surface area is 186 Å². The maximum absolute atomic E-state index is 13.5. The Morgan fingerprint density at radius 1 is 1.35 bits per heavy atom. The average Bonchev–Trinajstić information content (AvgIpc) is 3.32. The fourth-order valence-corrected chi connectivity index (χ4v) is 3.92. The summed E-state index contributed by atoms with van der Waals surface area (Å²) in [7, 11) is 1.51. The minimum atomic E-state index is -0.748. The largest absolute Gasteiger partial charge is 0.486 e. The average molecular weight is 450 g/mol. The summed E-state index contributed by atoms with van der Waals surface area (Å²) >= 11 is 6.11. The van der Waals surface area contributed by atoms with Crippen molar-refractivity contribution < 1.29 is 19.4 Å². The highest BCUT2D eigenvalue weighted by atomic mass is 35.5. The highest BCUT2D eigenvalue weighted by Gasteiger charge is 2.44. The number of aromatic nitrogens is 3. The van der Waals surface area contributed by atoms with Crippen molar-refractivity contribution >= 4 is 23.4 Å². The molecule has 2 aromatic rings. The third-order valence-corrected chi connectivity index (χ3v) is 5.51. The van der Waals surface area contributed by atoms with Crippen molar-refractivity contribution in [1.82, 2.24) is 25.2 Å². The number of β-amino-alcohol motifs (C(OH)–C–C–N with tert-alkyl or cyclic N) is 1. The number of halogens is 1. The summed E-state index contributed by atoms with van der Waals surface area (Å²) in [6.07, 6.45) is 1.12. The van der Waals surface area contributed by atoms with Gasteiger partial charge in [-0.1, -0.05) is 49.7 Å². The van der Waals surface area contributed by atoms with Gasteiger partial charge in [-0.25, -0.2) is 4.68 Å². The van der Waals surface area contributed by atoms with E-state index in [1.54, 1.807) is 18.3 Å². The van der Waals surface area contributed by atoms with Gasteiger partial charge in [0.15, 0.2) is 0 Å². The van der Waals surface area contributed by atoms with Gasteiger partial charge in [-0.2, -0.15) is 0 Å². The SMILES string of the molecule is CNC(=O)C1CC(O)CN1C(=O)[C@@H](n1cc(COc2ccccc2Cl)nn1)C(C)(C)C. The molecule has 0 aliphatic carbocycles. The second-order valence-electron chi connectivity index (χ2n) is 8.69. The molecule has 31 heavy (non-hydrogen) atoms. The van der Waals surface area contributed by atoms with Crippen LogP contribution in [0.25, 0.3) is 0 Å². The minimum Gasteiger partial charge on any atom is -0.486 e. The van der Waals surface area contributed by atoms with Crippen molar-refractivity contribution in [2.45, 2.75) is 52.0 Å². The van der Waals surface area contributed by atoms with Gasteiger partial charge in [0.1, 0.15) is 30.1 Å². The molecular weight excluding hydrogens is 422 g/mol. The number of para-hydroxylation sites is 1. The van der Waals surface area contributed by atoms with E-state index < -0.39 is 23.6 Å². The zero-order valence-electron chi connectivity index (χ0n) is 18.1. The topological polar surface area (TPSA) is 110 Å². The summed E-state index contributed by atoms with van der Waals surface area (Å²) in [5, 5.41) is 21.4. The lowest BCUT2D eigenvalue weighted by atomic mass is 9.85. The number of ether oxygens (including phenoxy) is 1. The number of benzene rings is 1. The van der Waals surface area contributed by atoms with Gasteiger partial charge >= 0.3 is 0 Å². The van der Waals surface area contributed by atoms with Gasteiger partial charge in [0.2, 0.25) is 11.8 Å². The predicted molar refractivity (Wildman–Crippen MR) is 114 cm³/mol. The van der Waals surface area contributed by atoms with Crippen LogP contribution in [0, 0.1) is 5.41 Å². The van der Waals surface area contributed by atoms with Gasteiger partial charge in [0.25, 0.3) is 0 Å². The molecule has 2 amide bonds. The molecule has 0 bridgehead atoms. The summed E-state index contributed by atoms with van der Waals surface area (Å²) in [6.45, 7) is 5.98. The molecule has 9 nitrogen and oxygen atoms in total. The van der Waals surface area contributed by atoms with Crippen molar-refractivity contribution in [2.24, 2.45) is 5.41 Å². The van der Waals surface area contributed by atoms with Gasteiger partial charge in [0, 0.05) is 20.0 Å². The van der Waals surface area contributed by atoms with Crippen LogP contribution in [0.2, 0.25) is 5.02 Å². The monoisotopic (exact) mass is 449 g/mol. The van der Waals surface area contributed by atoms with Crippen LogP contribution in [0.1, 0.15) is 38.9 Å². The number of aliphatic hydroxyl groups excluding tert-OH is 1. The second kappa shape index (κ2) is 9.23. The molecular formula is C21H28ClN5O4. The minimum absolute atomic E-state index is 0.0979. The smallest absolute Gasteiger partial charge is 0.248 e. The molecule has 1 aromatic heterocycles. The number of likely N-dealkylation sites (N-methyl/N-ethyl adjacent to an activating group) is 1. The molecule has 1 aliphatic heterocycles. The van der Waals surface area contributed by atoms with Crippen LogP contribution in [0.4, 0.5) is 0 Å². The quantitative estimate of drug-likeness (QED) is 0.696. The van der Waals surface area contributed by atoms with E-state index >= 15 is 0 Å². The molecule has 2 N–H and O–H groups in total. The standard InChI is InChI=1S/C21H28ClN5O4/c1-21(2,3)18(20(30)26-11-14(28)9-16(26)19(29)23-4)27-10-13(24-25-27)12-31-17-8-6-5-7-15(17)22/h5-8,10,14,16,18,28H,9,11-12H2,1-4H3,(H,23,29)/t14?,16?,18-/m1/s1. The summed E-state index contributed by atoms with van der Waals surface area (Å²) in [5.74, 6) is -0.0623. The first-order valence-electron chi connectivity index (χ1n) is 10.1. The van der Waals surface area contributed by atoms with Gasteiger partial charge in [-0.3, -0.25) is 9.59 Å². The van der Waals surface area contributed by atoms with Gasteiger partial charge in [-0.15, -0.1) is 5.10 Å². The molecule has 3 rings (SSSR count). The Hall–Kier alpha value is -2.65. The van der Waals surface area contributed by atoms with Crippen molar-refractivity contribution in [3.63, 3.8) is 0 Å². The van der Waals surface area contributed by atoms with Crippen LogP contribution in [-0.2, 0) is 16.2 Å². The lowest BCUT2D eigenvalue weighted by Crippen LogP contribution is -2.49. The molecule has 1 aliphatic rings. The number of hydrogen-bond donors (Lipinski definition) is 2. The van der Waals surface area contributed by atoms with Gasteiger partial charge in [-0.05, 0) is 17.5 Å². The molecule has 10 heteroatoms. The Morgan fingerprint density at radius 2 is 2.06 bits per heavy atom. The summed E-state index contributed by atoms with van der Waals surface area (Å²) in [4.78, 5) is 27.2. The molecule has 1 aromatic carbocycles. The molecule has 0 spiro atoms. The Kier molecular flexibility index (Phi) is 6.86. The van der Waals surface area contributed by atoms with E-state index in [4.69, 9.17) is 16.3 Å². The van der Waals surface area contributed by atoms with Crippen LogP contribution in [-0.4, -0.2) is 62.6 Å². The van der Waals surface area contributed by atoms with E-state index in [2.05, 4.69) is 15.6 Å². The maximum atomic E-state index is 13.5. The van der Waals surface area contributed by atoms with Crippen molar-refractivity contribution in [1.29, 1.82) is 0 Å². The Balaban J connectivity index is 1.81. The molecule has 2 unspecified atom stereocenters. The fourth-order valence-electron chi connectivity index (χ4n) is 3.73. The Morgan fingerprint density at radius 3 is 2.71 bits per heavy atom. The molecule has 0 saturated carbocycles. The number of amides is 2. The van der Waals surface area contributed by atoms with E-state index in [9.17, 15) is 14.7 Å². The van der Waals surface area contributed by atoms with E-state index in [1.807, 2.05) is 32.9 Å². The third-order valence-electron chi connectivity index (χ3n) is 5.20. The molecule has 168 valence electrons. The van der Waals surface area contributed by atoms with E-state index in [1.165, 1.54) is 16.6 Å². The van der Waals surface area contributed by atoms with E-state index in [0.717, 1.165) is 0 Å². The maximum Gasteiger partial charge on any atom is 0.248 e. The van der Waals surface area contributed by atoms with Gasteiger partial charge < -0.3 is 20.1 Å². The first-order valence-corrected chi connectivity index (χ1v) is 10.5. The predicted octanol–water partition coefficient (Wildman–Crippen LogP) is 1.81. The van der Waals surface area contributed by atoms with Crippen LogP contribution in [0.3, 0.4) is 0 Å².